The molecule has 0 amide bonds. The smallest absolute Gasteiger partial charge is 0.355 e. The predicted octanol–water partition coefficient (Wildman–Crippen LogP) is 1.61. The number of rotatable bonds is 2. The quantitative estimate of drug-likeness (QED) is 0.833. The molecular weight excluding hydrogens is 214 g/mol. The molecule has 0 unspecified atom stereocenters. The Balaban J connectivity index is 2.48. The van der Waals surface area contributed by atoms with Crippen molar-refractivity contribution in [3.63, 3.8) is 0 Å². The van der Waals surface area contributed by atoms with E-state index in [1.807, 2.05) is 0 Å². The fraction of sp³-hybridized carbons (Fsp3) is 0.111. The fourth-order valence-electron chi connectivity index (χ4n) is 1.12. The van der Waals surface area contributed by atoms with Crippen LogP contribution in [0, 0.1) is 6.92 Å². The van der Waals surface area contributed by atoms with E-state index in [1.165, 1.54) is 17.7 Å². The summed E-state index contributed by atoms with van der Waals surface area (Å²) in [7, 11) is 0. The summed E-state index contributed by atoms with van der Waals surface area (Å²) in [4.78, 5) is 23.3. The molecule has 0 saturated carbocycles. The first-order chi connectivity index (χ1) is 7.18. The Morgan fingerprint density at radius 3 is 2.87 bits per heavy atom. The van der Waals surface area contributed by atoms with E-state index in [1.54, 1.807) is 19.2 Å². The van der Waals surface area contributed by atoms with Crippen LogP contribution in [0.5, 0.6) is 0 Å². The number of hydrogen-bond donors (Lipinski definition) is 1. The van der Waals surface area contributed by atoms with Gasteiger partial charge in [0.25, 0.3) is 0 Å². The zero-order valence-corrected chi connectivity index (χ0v) is 8.65. The lowest BCUT2D eigenvalue weighted by Gasteiger charge is -1.91. The monoisotopic (exact) mass is 221 g/mol. The van der Waals surface area contributed by atoms with Crippen LogP contribution in [0.3, 0.4) is 0 Å². The van der Waals surface area contributed by atoms with Gasteiger partial charge >= 0.3 is 5.97 Å². The van der Waals surface area contributed by atoms with Gasteiger partial charge in [0.2, 0.25) is 0 Å². The molecule has 0 bridgehead atoms. The van der Waals surface area contributed by atoms with Crippen LogP contribution in [0.2, 0.25) is 0 Å². The molecular formula is C9H7N3O2S. The molecule has 0 aromatic carbocycles. The van der Waals surface area contributed by atoms with Crippen LogP contribution < -0.4 is 0 Å². The van der Waals surface area contributed by atoms with Crippen molar-refractivity contribution in [2.24, 2.45) is 0 Å². The van der Waals surface area contributed by atoms with Crippen molar-refractivity contribution in [2.45, 2.75) is 6.92 Å². The number of aromatic nitrogens is 3. The van der Waals surface area contributed by atoms with Crippen LogP contribution in [0.25, 0.3) is 10.7 Å². The molecule has 0 aliphatic carbocycles. The molecule has 0 saturated heterocycles. The summed E-state index contributed by atoms with van der Waals surface area (Å²) in [6.45, 7) is 1.73. The molecule has 0 atom stereocenters. The maximum absolute atomic E-state index is 10.8. The number of aryl methyl sites for hydroxylation is 1. The third-order valence-electron chi connectivity index (χ3n) is 1.80. The van der Waals surface area contributed by atoms with Gasteiger partial charge in [-0.3, -0.25) is 0 Å². The average molecular weight is 221 g/mol. The van der Waals surface area contributed by atoms with Crippen LogP contribution in [0.1, 0.15) is 15.4 Å². The van der Waals surface area contributed by atoms with Gasteiger partial charge in [-0.05, 0) is 13.0 Å². The first kappa shape index (κ1) is 9.72. The third-order valence-corrected chi connectivity index (χ3v) is 2.79. The molecule has 15 heavy (non-hydrogen) atoms. The van der Waals surface area contributed by atoms with Crippen molar-refractivity contribution in [1.82, 2.24) is 15.0 Å². The number of thiazole rings is 1. The van der Waals surface area contributed by atoms with Gasteiger partial charge in [0, 0.05) is 11.1 Å². The minimum atomic E-state index is -1.01. The van der Waals surface area contributed by atoms with Crippen molar-refractivity contribution in [1.29, 1.82) is 0 Å². The van der Waals surface area contributed by atoms with E-state index in [-0.39, 0.29) is 5.69 Å². The second kappa shape index (κ2) is 3.74. The predicted molar refractivity (Wildman–Crippen MR) is 54.8 cm³/mol. The van der Waals surface area contributed by atoms with Gasteiger partial charge in [0.15, 0.2) is 5.69 Å². The van der Waals surface area contributed by atoms with E-state index < -0.39 is 5.97 Å². The topological polar surface area (TPSA) is 76.0 Å². The number of carbonyl (C=O) groups is 1. The van der Waals surface area contributed by atoms with E-state index in [2.05, 4.69) is 15.0 Å². The summed E-state index contributed by atoms with van der Waals surface area (Å²) in [6.07, 6.45) is 3.01. The Hall–Kier alpha value is -1.82. The Morgan fingerprint density at radius 1 is 1.53 bits per heavy atom. The summed E-state index contributed by atoms with van der Waals surface area (Å²) in [5, 5.41) is 9.44. The SMILES string of the molecule is Cc1sc(-c2ccncn2)nc1C(=O)O. The summed E-state index contributed by atoms with van der Waals surface area (Å²) < 4.78 is 0. The molecule has 5 nitrogen and oxygen atoms in total. The Morgan fingerprint density at radius 2 is 2.33 bits per heavy atom. The zero-order chi connectivity index (χ0) is 10.8. The van der Waals surface area contributed by atoms with Crippen LogP contribution >= 0.6 is 11.3 Å². The van der Waals surface area contributed by atoms with Crippen LogP contribution in [-0.4, -0.2) is 26.0 Å². The van der Waals surface area contributed by atoms with Gasteiger partial charge in [-0.25, -0.2) is 19.7 Å². The molecule has 2 rings (SSSR count). The molecule has 0 aliphatic heterocycles. The van der Waals surface area contributed by atoms with Gasteiger partial charge in [-0.15, -0.1) is 11.3 Å². The largest absolute Gasteiger partial charge is 0.476 e. The zero-order valence-electron chi connectivity index (χ0n) is 7.84. The Bertz CT molecular complexity index is 495. The van der Waals surface area contributed by atoms with Crippen molar-refractivity contribution in [3.05, 3.63) is 29.2 Å². The Kier molecular flexibility index (Phi) is 2.42. The number of nitrogens with zero attached hydrogens (tertiary/aromatic N) is 3. The molecule has 0 fully saturated rings. The molecule has 76 valence electrons. The van der Waals surface area contributed by atoms with E-state index in [4.69, 9.17) is 5.11 Å². The number of carboxylic acid groups (broad SMARTS) is 1. The van der Waals surface area contributed by atoms with Crippen LogP contribution in [-0.2, 0) is 0 Å². The third kappa shape index (κ3) is 1.84. The molecule has 0 spiro atoms. The van der Waals surface area contributed by atoms with E-state index >= 15 is 0 Å². The lowest BCUT2D eigenvalue weighted by molar-refractivity contribution is 0.0690. The van der Waals surface area contributed by atoms with Gasteiger partial charge in [0.1, 0.15) is 17.0 Å². The number of aromatic carboxylic acids is 1. The lowest BCUT2D eigenvalue weighted by atomic mass is 10.4. The fourth-order valence-corrected chi connectivity index (χ4v) is 2.00. The molecule has 2 heterocycles. The highest BCUT2D eigenvalue weighted by Crippen LogP contribution is 2.25. The van der Waals surface area contributed by atoms with Crippen molar-refractivity contribution in [3.8, 4) is 10.7 Å². The molecule has 6 heteroatoms. The number of carboxylic acids is 1. The highest BCUT2D eigenvalue weighted by molar-refractivity contribution is 7.15. The standard InChI is InChI=1S/C9H7N3O2S/c1-5-7(9(13)14)12-8(15-5)6-2-3-10-4-11-6/h2-4H,1H3,(H,13,14). The maximum atomic E-state index is 10.8. The minimum absolute atomic E-state index is 0.0913. The molecule has 0 radical (unpaired) electrons. The summed E-state index contributed by atoms with van der Waals surface area (Å²) in [5.74, 6) is -1.01. The maximum Gasteiger partial charge on any atom is 0.355 e. The van der Waals surface area contributed by atoms with Gasteiger partial charge < -0.3 is 5.11 Å². The molecule has 1 N–H and O–H groups in total. The lowest BCUT2D eigenvalue weighted by Crippen LogP contribution is -1.98. The second-order valence-electron chi connectivity index (χ2n) is 2.82. The highest BCUT2D eigenvalue weighted by atomic mass is 32.1. The molecule has 2 aromatic rings. The van der Waals surface area contributed by atoms with Crippen molar-refractivity contribution < 1.29 is 9.90 Å². The molecule has 0 aliphatic rings. The first-order valence-electron chi connectivity index (χ1n) is 4.15. The summed E-state index contributed by atoms with van der Waals surface area (Å²) in [6, 6.07) is 1.70. The normalized spacial score (nSPS) is 10.2. The van der Waals surface area contributed by atoms with Gasteiger partial charge in [0.05, 0.1) is 0 Å². The van der Waals surface area contributed by atoms with Crippen LogP contribution in [0.4, 0.5) is 0 Å². The number of hydrogen-bond acceptors (Lipinski definition) is 5. The molecule has 2 aromatic heterocycles. The highest BCUT2D eigenvalue weighted by Gasteiger charge is 2.15. The average Bonchev–Trinajstić information content (AvgIpc) is 2.62. The van der Waals surface area contributed by atoms with Crippen LogP contribution in [0.15, 0.2) is 18.6 Å². The summed E-state index contributed by atoms with van der Waals surface area (Å²) in [5.41, 5.74) is 0.735. The summed E-state index contributed by atoms with van der Waals surface area (Å²) >= 11 is 1.31. The Labute approximate surface area is 89.5 Å². The van der Waals surface area contributed by atoms with Gasteiger partial charge in [-0.1, -0.05) is 0 Å². The van der Waals surface area contributed by atoms with E-state index in [0.29, 0.717) is 15.6 Å². The minimum Gasteiger partial charge on any atom is -0.476 e. The van der Waals surface area contributed by atoms with Gasteiger partial charge in [-0.2, -0.15) is 0 Å². The van der Waals surface area contributed by atoms with Crippen molar-refractivity contribution >= 4 is 17.3 Å². The van der Waals surface area contributed by atoms with Crippen molar-refractivity contribution in [2.75, 3.05) is 0 Å². The van der Waals surface area contributed by atoms with E-state index in [9.17, 15) is 4.79 Å². The first-order valence-corrected chi connectivity index (χ1v) is 4.97. The second-order valence-corrected chi connectivity index (χ2v) is 4.03. The van der Waals surface area contributed by atoms with E-state index in [0.717, 1.165) is 0 Å².